The van der Waals surface area contributed by atoms with Crippen LogP contribution in [0.3, 0.4) is 0 Å². The molecule has 1 fully saturated rings. The predicted molar refractivity (Wildman–Crippen MR) is 91.9 cm³/mol. The monoisotopic (exact) mass is 387 g/mol. The summed E-state index contributed by atoms with van der Waals surface area (Å²) < 4.78 is 33.1. The summed E-state index contributed by atoms with van der Waals surface area (Å²) in [5, 5.41) is 15.2. The van der Waals surface area contributed by atoms with Crippen molar-refractivity contribution in [3.63, 3.8) is 0 Å². The molecule has 1 saturated carbocycles. The molecule has 0 radical (unpaired) electrons. The van der Waals surface area contributed by atoms with Gasteiger partial charge in [0.1, 0.15) is 16.1 Å². The van der Waals surface area contributed by atoms with Crippen LogP contribution in [-0.4, -0.2) is 42.6 Å². The first kappa shape index (κ1) is 20.4. The molecular weight excluding hydrogens is 362 g/mol. The van der Waals surface area contributed by atoms with Crippen LogP contribution in [-0.2, 0) is 19.6 Å². The molecule has 1 unspecified atom stereocenters. The van der Waals surface area contributed by atoms with Gasteiger partial charge in [-0.15, -0.1) is 0 Å². The van der Waals surface area contributed by atoms with Crippen molar-refractivity contribution < 1.29 is 27.6 Å². The number of carbonyl (C=O) groups is 2. The van der Waals surface area contributed by atoms with Crippen LogP contribution in [0.25, 0.3) is 0 Å². The summed E-state index contributed by atoms with van der Waals surface area (Å²) in [7, 11) is -3.98. The Morgan fingerprint density at radius 1 is 1.31 bits per heavy atom. The molecule has 1 amide bonds. The molecule has 9 nitrogen and oxygen atoms in total. The highest BCUT2D eigenvalue weighted by Crippen LogP contribution is 2.32. The second-order valence-electron chi connectivity index (χ2n) is 6.96. The first-order chi connectivity index (χ1) is 12.1. The fourth-order valence-corrected chi connectivity index (χ4v) is 5.08. The predicted octanol–water partition coefficient (Wildman–Crippen LogP) is 1.11. The maximum atomic E-state index is 12.8. The number of amides is 1. The van der Waals surface area contributed by atoms with E-state index in [4.69, 9.17) is 9.63 Å². The highest BCUT2D eigenvalue weighted by Gasteiger charge is 2.45. The SMILES string of the molecule is Cc1noc(C)c1S(=O)(=O)NC1(C(=O)NCC(C)CC(=O)O)CCCC1. The minimum absolute atomic E-state index is 0.0455. The lowest BCUT2D eigenvalue weighted by Crippen LogP contribution is -2.57. The smallest absolute Gasteiger partial charge is 0.303 e. The van der Waals surface area contributed by atoms with E-state index in [0.717, 1.165) is 12.8 Å². The Labute approximate surface area is 152 Å². The molecule has 146 valence electrons. The second-order valence-corrected chi connectivity index (χ2v) is 8.58. The number of aromatic nitrogens is 1. The number of aryl methyl sites for hydroxylation is 2. The van der Waals surface area contributed by atoms with Gasteiger partial charge >= 0.3 is 5.97 Å². The molecule has 2 rings (SSSR count). The molecule has 26 heavy (non-hydrogen) atoms. The second kappa shape index (κ2) is 7.75. The maximum absolute atomic E-state index is 12.8. The van der Waals surface area contributed by atoms with Gasteiger partial charge in [-0.25, -0.2) is 8.42 Å². The van der Waals surface area contributed by atoms with Gasteiger partial charge in [0.2, 0.25) is 15.9 Å². The Bertz CT molecular complexity index is 760. The summed E-state index contributed by atoms with van der Waals surface area (Å²) in [5.74, 6) is -1.46. The molecule has 0 aliphatic heterocycles. The molecule has 1 aromatic rings. The van der Waals surface area contributed by atoms with Crippen LogP contribution in [0.5, 0.6) is 0 Å². The highest BCUT2D eigenvalue weighted by molar-refractivity contribution is 7.89. The van der Waals surface area contributed by atoms with Gasteiger partial charge in [-0.1, -0.05) is 24.9 Å². The third kappa shape index (κ3) is 4.42. The van der Waals surface area contributed by atoms with Gasteiger partial charge in [-0.05, 0) is 32.6 Å². The summed E-state index contributed by atoms with van der Waals surface area (Å²) in [5.41, 5.74) is -1.00. The van der Waals surface area contributed by atoms with Crippen LogP contribution in [0.2, 0.25) is 0 Å². The van der Waals surface area contributed by atoms with Gasteiger partial charge in [-0.3, -0.25) is 9.59 Å². The van der Waals surface area contributed by atoms with Gasteiger partial charge in [0.25, 0.3) is 0 Å². The average Bonchev–Trinajstić information content (AvgIpc) is 3.11. The third-order valence-electron chi connectivity index (χ3n) is 4.59. The lowest BCUT2D eigenvalue weighted by Gasteiger charge is -2.29. The third-order valence-corrected chi connectivity index (χ3v) is 6.37. The van der Waals surface area contributed by atoms with Crippen molar-refractivity contribution in [1.82, 2.24) is 15.2 Å². The fraction of sp³-hybridized carbons (Fsp3) is 0.688. The van der Waals surface area contributed by atoms with E-state index in [1.54, 1.807) is 6.92 Å². The molecule has 1 aliphatic rings. The molecule has 0 aromatic carbocycles. The van der Waals surface area contributed by atoms with Crippen LogP contribution < -0.4 is 10.0 Å². The van der Waals surface area contributed by atoms with E-state index in [1.165, 1.54) is 13.8 Å². The fourth-order valence-electron chi connectivity index (χ4n) is 3.33. The normalized spacial score (nSPS) is 17.8. The zero-order valence-electron chi connectivity index (χ0n) is 15.2. The van der Waals surface area contributed by atoms with Gasteiger partial charge in [-0.2, -0.15) is 4.72 Å². The van der Waals surface area contributed by atoms with Crippen molar-refractivity contribution >= 4 is 21.9 Å². The summed E-state index contributed by atoms with van der Waals surface area (Å²) in [6, 6.07) is 0. The minimum atomic E-state index is -3.98. The summed E-state index contributed by atoms with van der Waals surface area (Å²) in [4.78, 5) is 23.4. The Morgan fingerprint density at radius 3 is 2.42 bits per heavy atom. The van der Waals surface area contributed by atoms with E-state index >= 15 is 0 Å². The highest BCUT2D eigenvalue weighted by atomic mass is 32.2. The number of rotatable bonds is 8. The Balaban J connectivity index is 2.17. The Kier molecular flexibility index (Phi) is 6.07. The molecule has 0 spiro atoms. The average molecular weight is 387 g/mol. The number of carboxylic acid groups (broad SMARTS) is 1. The van der Waals surface area contributed by atoms with Crippen molar-refractivity contribution in [2.45, 2.75) is 63.3 Å². The number of sulfonamides is 1. The molecule has 3 N–H and O–H groups in total. The quantitative estimate of drug-likeness (QED) is 0.607. The van der Waals surface area contributed by atoms with Crippen molar-refractivity contribution in [2.75, 3.05) is 6.54 Å². The zero-order chi connectivity index (χ0) is 19.5. The number of carboxylic acids is 1. The van der Waals surface area contributed by atoms with Crippen LogP contribution in [0.4, 0.5) is 0 Å². The molecular formula is C16H25N3O6S. The molecule has 1 aromatic heterocycles. The van der Waals surface area contributed by atoms with E-state index in [-0.39, 0.29) is 35.2 Å². The van der Waals surface area contributed by atoms with Crippen molar-refractivity contribution in [2.24, 2.45) is 5.92 Å². The van der Waals surface area contributed by atoms with E-state index in [9.17, 15) is 18.0 Å². The van der Waals surface area contributed by atoms with E-state index in [1.807, 2.05) is 0 Å². The summed E-state index contributed by atoms with van der Waals surface area (Å²) in [6.07, 6.45) is 2.14. The summed E-state index contributed by atoms with van der Waals surface area (Å²) in [6.45, 7) is 4.91. The topological polar surface area (TPSA) is 139 Å². The first-order valence-electron chi connectivity index (χ1n) is 8.54. The molecule has 1 atom stereocenters. The zero-order valence-corrected chi connectivity index (χ0v) is 16.0. The number of hydrogen-bond donors (Lipinski definition) is 3. The first-order valence-corrected chi connectivity index (χ1v) is 10.0. The molecule has 10 heteroatoms. The van der Waals surface area contributed by atoms with Gasteiger partial charge < -0.3 is 14.9 Å². The van der Waals surface area contributed by atoms with E-state index < -0.39 is 27.4 Å². The van der Waals surface area contributed by atoms with Crippen LogP contribution in [0.1, 0.15) is 50.5 Å². The van der Waals surface area contributed by atoms with Crippen molar-refractivity contribution in [3.8, 4) is 0 Å². The van der Waals surface area contributed by atoms with Crippen LogP contribution in [0, 0.1) is 19.8 Å². The Morgan fingerprint density at radius 2 is 1.92 bits per heavy atom. The van der Waals surface area contributed by atoms with Crippen LogP contribution in [0.15, 0.2) is 9.42 Å². The number of aliphatic carboxylic acids is 1. The number of carbonyl (C=O) groups excluding carboxylic acids is 1. The number of nitrogens with one attached hydrogen (secondary N) is 2. The van der Waals surface area contributed by atoms with Crippen molar-refractivity contribution in [3.05, 3.63) is 11.5 Å². The standard InChI is InChI=1S/C16H25N3O6S/c1-10(8-13(20)21)9-17-15(22)16(6-4-5-7-16)19-26(23,24)14-11(2)18-25-12(14)3/h10,19H,4-9H2,1-3H3,(H,17,22)(H,20,21). The van der Waals surface area contributed by atoms with Crippen molar-refractivity contribution in [1.29, 1.82) is 0 Å². The van der Waals surface area contributed by atoms with E-state index in [0.29, 0.717) is 12.8 Å². The molecule has 0 saturated heterocycles. The Hall–Kier alpha value is -1.94. The maximum Gasteiger partial charge on any atom is 0.303 e. The van der Waals surface area contributed by atoms with Crippen LogP contribution >= 0.6 is 0 Å². The number of hydrogen-bond acceptors (Lipinski definition) is 6. The van der Waals surface area contributed by atoms with E-state index in [2.05, 4.69) is 15.2 Å². The van der Waals surface area contributed by atoms with Gasteiger partial charge in [0, 0.05) is 13.0 Å². The molecule has 0 bridgehead atoms. The lowest BCUT2D eigenvalue weighted by molar-refractivity contribution is -0.138. The molecule has 1 aliphatic carbocycles. The molecule has 1 heterocycles. The summed E-state index contributed by atoms with van der Waals surface area (Å²) >= 11 is 0. The largest absolute Gasteiger partial charge is 0.481 e. The minimum Gasteiger partial charge on any atom is -0.481 e. The number of nitrogens with zero attached hydrogens (tertiary/aromatic N) is 1. The van der Waals surface area contributed by atoms with Gasteiger partial charge in [0.15, 0.2) is 5.76 Å². The van der Waals surface area contributed by atoms with Gasteiger partial charge in [0.05, 0.1) is 0 Å². The lowest BCUT2D eigenvalue weighted by atomic mass is 9.97.